The van der Waals surface area contributed by atoms with Gasteiger partial charge in [-0.3, -0.25) is 4.79 Å². The molecule has 0 radical (unpaired) electrons. The topological polar surface area (TPSA) is 77.8 Å². The van der Waals surface area contributed by atoms with Crippen LogP contribution < -0.4 is 10.1 Å². The summed E-state index contributed by atoms with van der Waals surface area (Å²) in [4.78, 5) is 21.1. The Hall–Kier alpha value is -3.07. The zero-order chi connectivity index (χ0) is 21.1. The zero-order valence-electron chi connectivity index (χ0n) is 16.5. The van der Waals surface area contributed by atoms with Crippen LogP contribution in [0.4, 0.5) is 14.5 Å². The van der Waals surface area contributed by atoms with Gasteiger partial charge in [-0.05, 0) is 31.9 Å². The molecular formula is C21H22F2N4O3. The van der Waals surface area contributed by atoms with E-state index in [2.05, 4.69) is 10.3 Å². The number of amides is 1. The summed E-state index contributed by atoms with van der Waals surface area (Å²) in [6.45, 7) is 3.66. The van der Waals surface area contributed by atoms with Crippen LogP contribution in [0.2, 0.25) is 0 Å². The van der Waals surface area contributed by atoms with Gasteiger partial charge in [-0.15, -0.1) is 0 Å². The third-order valence-electron chi connectivity index (χ3n) is 4.99. The van der Waals surface area contributed by atoms with Gasteiger partial charge in [-0.2, -0.15) is 0 Å². The van der Waals surface area contributed by atoms with Gasteiger partial charge in [-0.25, -0.2) is 18.7 Å². The number of rotatable bonds is 6. The van der Waals surface area contributed by atoms with E-state index in [9.17, 15) is 13.6 Å². The highest BCUT2D eigenvalue weighted by Crippen LogP contribution is 2.31. The number of nitrogens with one attached hydrogen (secondary N) is 1. The van der Waals surface area contributed by atoms with Crippen LogP contribution in [0.1, 0.15) is 54.0 Å². The van der Waals surface area contributed by atoms with Crippen LogP contribution in [0.15, 0.2) is 36.7 Å². The quantitative estimate of drug-likeness (QED) is 0.651. The minimum atomic E-state index is -2.75. The largest absolute Gasteiger partial charge is 0.491 e. The number of carbonyl (C=O) groups is 1. The summed E-state index contributed by atoms with van der Waals surface area (Å²) in [5.74, 6) is 0.184. The van der Waals surface area contributed by atoms with Gasteiger partial charge in [0.15, 0.2) is 0 Å². The third kappa shape index (κ3) is 4.25. The van der Waals surface area contributed by atoms with Crippen molar-refractivity contribution in [2.75, 3.05) is 25.1 Å². The van der Waals surface area contributed by atoms with Crippen molar-refractivity contribution in [2.24, 2.45) is 0 Å². The molecule has 0 aliphatic carbocycles. The number of fused-ring (bicyclic) bond motifs is 1. The van der Waals surface area contributed by atoms with E-state index in [1.807, 2.05) is 17.5 Å². The Morgan fingerprint density at radius 2 is 2.10 bits per heavy atom. The van der Waals surface area contributed by atoms with E-state index in [1.165, 1.54) is 18.2 Å². The van der Waals surface area contributed by atoms with Crippen LogP contribution >= 0.6 is 0 Å². The second-order valence-electron chi connectivity index (χ2n) is 7.00. The predicted octanol–water partition coefficient (Wildman–Crippen LogP) is 4.21. The predicted molar refractivity (Wildman–Crippen MR) is 106 cm³/mol. The third-order valence-corrected chi connectivity index (χ3v) is 4.99. The molecule has 3 aromatic rings. The highest BCUT2D eigenvalue weighted by molar-refractivity contribution is 6.03. The standard InChI is InChI=1S/C21H22F2N4O3/c1-2-30-18-10-19-25-16(13-6-8-29-9-7-13)11-27(19)12-17(18)26-21(28)15-5-3-4-14(24-15)20(22)23/h3-5,10-13,20H,2,6-9H2,1H3,(H,26,28). The molecule has 0 spiro atoms. The Kier molecular flexibility index (Phi) is 5.89. The molecule has 1 fully saturated rings. The van der Waals surface area contributed by atoms with Crippen LogP contribution in [0, 0.1) is 0 Å². The fraction of sp³-hybridized carbons (Fsp3) is 0.381. The molecule has 1 N–H and O–H groups in total. The van der Waals surface area contributed by atoms with Gasteiger partial charge >= 0.3 is 0 Å². The normalized spacial score (nSPS) is 14.9. The fourth-order valence-electron chi connectivity index (χ4n) is 3.48. The van der Waals surface area contributed by atoms with Gasteiger partial charge in [0.05, 0.1) is 12.3 Å². The monoisotopic (exact) mass is 416 g/mol. The maximum absolute atomic E-state index is 12.9. The number of halogens is 2. The van der Waals surface area contributed by atoms with E-state index in [0.29, 0.717) is 42.8 Å². The fourth-order valence-corrected chi connectivity index (χ4v) is 3.48. The lowest BCUT2D eigenvalue weighted by molar-refractivity contribution is 0.0846. The first-order valence-electron chi connectivity index (χ1n) is 9.84. The van der Waals surface area contributed by atoms with E-state index < -0.39 is 18.0 Å². The minimum Gasteiger partial charge on any atom is -0.491 e. The van der Waals surface area contributed by atoms with Gasteiger partial charge < -0.3 is 19.2 Å². The number of aromatic nitrogens is 3. The second-order valence-corrected chi connectivity index (χ2v) is 7.00. The van der Waals surface area contributed by atoms with Crippen molar-refractivity contribution < 1.29 is 23.0 Å². The summed E-state index contributed by atoms with van der Waals surface area (Å²) in [6.07, 6.45) is 2.73. The molecule has 1 saturated heterocycles. The zero-order valence-corrected chi connectivity index (χ0v) is 16.5. The Balaban J connectivity index is 1.64. The van der Waals surface area contributed by atoms with E-state index in [0.717, 1.165) is 18.5 Å². The first-order valence-corrected chi connectivity index (χ1v) is 9.84. The summed E-state index contributed by atoms with van der Waals surface area (Å²) in [7, 11) is 0. The molecule has 4 rings (SSSR count). The Labute approximate surface area is 172 Å². The van der Waals surface area contributed by atoms with Gasteiger partial charge in [0.2, 0.25) is 0 Å². The van der Waals surface area contributed by atoms with E-state index in [-0.39, 0.29) is 5.69 Å². The van der Waals surface area contributed by atoms with Gasteiger partial charge in [0.25, 0.3) is 12.3 Å². The smallest absolute Gasteiger partial charge is 0.280 e. The van der Waals surface area contributed by atoms with Crippen LogP contribution in [-0.4, -0.2) is 40.1 Å². The second kappa shape index (κ2) is 8.74. The van der Waals surface area contributed by atoms with Crippen molar-refractivity contribution in [3.8, 4) is 5.75 Å². The highest BCUT2D eigenvalue weighted by Gasteiger charge is 2.20. The molecule has 0 atom stereocenters. The molecule has 1 aliphatic rings. The average molecular weight is 416 g/mol. The highest BCUT2D eigenvalue weighted by atomic mass is 19.3. The molecule has 0 bridgehead atoms. The van der Waals surface area contributed by atoms with Crippen molar-refractivity contribution in [1.29, 1.82) is 0 Å². The Morgan fingerprint density at radius 1 is 1.30 bits per heavy atom. The summed E-state index contributed by atoms with van der Waals surface area (Å²) >= 11 is 0. The average Bonchev–Trinajstić information content (AvgIpc) is 3.17. The molecule has 1 amide bonds. The lowest BCUT2D eigenvalue weighted by Crippen LogP contribution is -2.16. The number of carbonyl (C=O) groups excluding carboxylic acids is 1. The summed E-state index contributed by atoms with van der Waals surface area (Å²) < 4.78 is 38.7. The number of anilines is 1. The molecule has 9 heteroatoms. The van der Waals surface area contributed by atoms with Crippen molar-refractivity contribution in [3.63, 3.8) is 0 Å². The summed E-state index contributed by atoms with van der Waals surface area (Å²) in [5.41, 5.74) is 1.54. The number of pyridine rings is 2. The van der Waals surface area contributed by atoms with Crippen molar-refractivity contribution in [3.05, 3.63) is 53.7 Å². The summed E-state index contributed by atoms with van der Waals surface area (Å²) in [5, 5.41) is 2.72. The SMILES string of the molecule is CCOc1cc2nc(C3CCOCC3)cn2cc1NC(=O)c1cccc(C(F)F)n1. The van der Waals surface area contributed by atoms with Gasteiger partial charge in [0, 0.05) is 37.6 Å². The van der Waals surface area contributed by atoms with E-state index in [4.69, 9.17) is 14.5 Å². The molecule has 1 aliphatic heterocycles. The number of ether oxygens (including phenoxy) is 2. The van der Waals surface area contributed by atoms with Crippen molar-refractivity contribution in [1.82, 2.24) is 14.4 Å². The van der Waals surface area contributed by atoms with Gasteiger partial charge in [-0.1, -0.05) is 6.07 Å². The maximum Gasteiger partial charge on any atom is 0.280 e. The van der Waals surface area contributed by atoms with Gasteiger partial charge in [0.1, 0.15) is 28.5 Å². The molecule has 0 unspecified atom stereocenters. The van der Waals surface area contributed by atoms with Crippen molar-refractivity contribution >= 4 is 17.2 Å². The van der Waals surface area contributed by atoms with Crippen LogP contribution in [0.3, 0.4) is 0 Å². The molecule has 0 saturated carbocycles. The molecule has 3 aromatic heterocycles. The van der Waals surface area contributed by atoms with Crippen LogP contribution in [0.5, 0.6) is 5.75 Å². The van der Waals surface area contributed by atoms with Crippen molar-refractivity contribution in [2.45, 2.75) is 32.1 Å². The lowest BCUT2D eigenvalue weighted by atomic mass is 9.97. The Bertz CT molecular complexity index is 1050. The molecule has 0 aromatic carbocycles. The van der Waals surface area contributed by atoms with Crippen LogP contribution in [-0.2, 0) is 4.74 Å². The molecule has 158 valence electrons. The maximum atomic E-state index is 12.9. The molecule has 4 heterocycles. The minimum absolute atomic E-state index is 0.0936. The Morgan fingerprint density at radius 3 is 2.83 bits per heavy atom. The molecule has 7 nitrogen and oxygen atoms in total. The van der Waals surface area contributed by atoms with E-state index in [1.54, 1.807) is 12.3 Å². The number of nitrogens with zero attached hydrogens (tertiary/aromatic N) is 3. The first-order chi connectivity index (χ1) is 14.5. The van der Waals surface area contributed by atoms with Crippen LogP contribution in [0.25, 0.3) is 5.65 Å². The number of hydrogen-bond acceptors (Lipinski definition) is 5. The number of hydrogen-bond donors (Lipinski definition) is 1. The molecular weight excluding hydrogens is 394 g/mol. The summed E-state index contributed by atoms with van der Waals surface area (Å²) in [6, 6.07) is 5.71. The first kappa shape index (κ1) is 20.2. The molecule has 30 heavy (non-hydrogen) atoms. The van der Waals surface area contributed by atoms with E-state index >= 15 is 0 Å². The number of alkyl halides is 2. The lowest BCUT2D eigenvalue weighted by Gasteiger charge is -2.19. The number of imidazole rings is 1.